The Morgan fingerprint density at radius 2 is 2.69 bits per heavy atom. The zero-order chi connectivity index (χ0) is 8.93. The van der Waals surface area contributed by atoms with E-state index in [1.807, 2.05) is 23.7 Å². The lowest BCUT2D eigenvalue weighted by Crippen LogP contribution is -2.74. The molecule has 0 fully saturated rings. The molecule has 0 spiro atoms. The Bertz CT molecular complexity index is 300. The topological polar surface area (TPSA) is 65.4 Å². The Morgan fingerprint density at radius 1 is 1.69 bits per heavy atom. The highest BCUT2D eigenvalue weighted by Crippen LogP contribution is 1.84. The van der Waals surface area contributed by atoms with E-state index in [4.69, 9.17) is 0 Å². The predicted molar refractivity (Wildman–Crippen MR) is 51.1 cm³/mol. The van der Waals surface area contributed by atoms with Crippen LogP contribution in [0.2, 0.25) is 0 Å². The Morgan fingerprint density at radius 3 is 3.38 bits per heavy atom. The molecule has 0 aromatic heterocycles. The van der Waals surface area contributed by atoms with Crippen molar-refractivity contribution in [2.75, 3.05) is 13.1 Å². The first-order chi connectivity index (χ1) is 6.45. The van der Waals surface area contributed by atoms with Crippen LogP contribution in [0.4, 0.5) is 0 Å². The van der Waals surface area contributed by atoms with E-state index in [1.54, 1.807) is 6.21 Å². The number of aliphatic imine (C=N–C) groups is 1. The van der Waals surface area contributed by atoms with Crippen LogP contribution in [0.5, 0.6) is 0 Å². The summed E-state index contributed by atoms with van der Waals surface area (Å²) in [7, 11) is 0. The molecule has 0 amide bonds. The highest BCUT2D eigenvalue weighted by atomic mass is 15.4. The molecule has 0 saturated heterocycles. The Hall–Kier alpha value is -1.62. The average Bonchev–Trinajstić information content (AvgIpc) is 2.75. The molecular formula is C8H12N5+. The number of hydrazone groups is 1. The van der Waals surface area contributed by atoms with Crippen molar-refractivity contribution >= 4 is 12.2 Å². The fourth-order valence-electron chi connectivity index (χ4n) is 1.12. The van der Waals surface area contributed by atoms with Gasteiger partial charge < -0.3 is 5.32 Å². The maximum atomic E-state index is 4.14. The summed E-state index contributed by atoms with van der Waals surface area (Å²) in [6.07, 6.45) is 7.72. The van der Waals surface area contributed by atoms with Crippen LogP contribution in [0.15, 0.2) is 34.1 Å². The summed E-state index contributed by atoms with van der Waals surface area (Å²) in [5.41, 5.74) is 3.92. The van der Waals surface area contributed by atoms with Crippen LogP contribution < -0.4 is 16.1 Å². The maximum Gasteiger partial charge on any atom is 0.212 e. The van der Waals surface area contributed by atoms with Crippen molar-refractivity contribution in [3.63, 3.8) is 0 Å². The molecule has 2 rings (SSSR count). The minimum absolute atomic E-state index is 0.753. The zero-order valence-electron chi connectivity index (χ0n) is 7.20. The normalized spacial score (nSPS) is 20.3. The van der Waals surface area contributed by atoms with Gasteiger partial charge in [-0.2, -0.15) is 5.10 Å². The summed E-state index contributed by atoms with van der Waals surface area (Å²) in [5.74, 6) is 0.753. The van der Waals surface area contributed by atoms with Gasteiger partial charge in [0, 0.05) is 12.6 Å². The van der Waals surface area contributed by atoms with Crippen molar-refractivity contribution in [3.05, 3.63) is 24.0 Å². The van der Waals surface area contributed by atoms with Gasteiger partial charge in [-0.25, -0.2) is 10.4 Å². The third-order valence-electron chi connectivity index (χ3n) is 1.75. The molecule has 0 aliphatic carbocycles. The summed E-state index contributed by atoms with van der Waals surface area (Å²) in [4.78, 5) is 4.14. The number of allylic oxidation sites excluding steroid dienone is 3. The quantitative estimate of drug-likeness (QED) is 0.356. The Labute approximate surface area is 76.3 Å². The summed E-state index contributed by atoms with van der Waals surface area (Å²) < 4.78 is 0. The molecule has 0 atom stereocenters. The third kappa shape index (κ3) is 2.16. The smallest absolute Gasteiger partial charge is 0.212 e. The molecule has 2 heterocycles. The van der Waals surface area contributed by atoms with Crippen LogP contribution in [0.1, 0.15) is 0 Å². The van der Waals surface area contributed by atoms with Gasteiger partial charge in [0.25, 0.3) is 0 Å². The monoisotopic (exact) mass is 178 g/mol. The van der Waals surface area contributed by atoms with E-state index in [0.29, 0.717) is 0 Å². The number of hydrogen-bond acceptors (Lipinski definition) is 4. The van der Waals surface area contributed by atoms with Crippen molar-refractivity contribution in [1.82, 2.24) is 10.7 Å². The Kier molecular flexibility index (Phi) is 2.38. The number of quaternary nitrogens is 1. The van der Waals surface area contributed by atoms with Crippen molar-refractivity contribution in [3.8, 4) is 0 Å². The predicted octanol–water partition coefficient (Wildman–Crippen LogP) is -1.50. The SMILES string of the molecule is C1=C[NH2+]C(/C=N\NC2=NCCN2)=C1. The minimum Gasteiger partial charge on any atom is -0.353 e. The van der Waals surface area contributed by atoms with Crippen molar-refractivity contribution in [1.29, 1.82) is 0 Å². The standard InChI is InChI=1S/C8H11N5/c1-2-7(9-3-1)6-12-13-8-10-4-5-11-8/h1-3,6,9H,4-5H2,(H2,10,11,13)/p+1/b12-6-. The number of nitrogens with zero attached hydrogens (tertiary/aromatic N) is 2. The van der Waals surface area contributed by atoms with E-state index in [1.165, 1.54) is 0 Å². The first-order valence-electron chi connectivity index (χ1n) is 4.24. The average molecular weight is 178 g/mol. The van der Waals surface area contributed by atoms with Gasteiger partial charge in [-0.1, -0.05) is 0 Å². The minimum atomic E-state index is 0.753. The van der Waals surface area contributed by atoms with Crippen LogP contribution in [0.25, 0.3) is 0 Å². The van der Waals surface area contributed by atoms with Crippen molar-refractivity contribution < 1.29 is 5.32 Å². The van der Waals surface area contributed by atoms with Gasteiger partial charge in [0.1, 0.15) is 6.21 Å². The number of hydrogen-bond donors (Lipinski definition) is 3. The van der Waals surface area contributed by atoms with Crippen LogP contribution in [-0.2, 0) is 0 Å². The summed E-state index contributed by atoms with van der Waals surface area (Å²) in [6, 6.07) is 0. The molecule has 0 radical (unpaired) electrons. The molecule has 0 bridgehead atoms. The fourth-order valence-corrected chi connectivity index (χ4v) is 1.12. The van der Waals surface area contributed by atoms with Gasteiger partial charge in [0.05, 0.1) is 12.7 Å². The molecule has 2 aliphatic heterocycles. The molecule has 4 N–H and O–H groups in total. The van der Waals surface area contributed by atoms with E-state index in [0.717, 1.165) is 24.7 Å². The number of nitrogens with one attached hydrogen (secondary N) is 2. The number of nitrogens with two attached hydrogens (primary N) is 1. The second-order valence-electron chi connectivity index (χ2n) is 2.75. The van der Waals surface area contributed by atoms with Crippen molar-refractivity contribution in [2.24, 2.45) is 10.1 Å². The molecule has 0 aromatic rings. The lowest BCUT2D eigenvalue weighted by molar-refractivity contribution is -0.521. The van der Waals surface area contributed by atoms with E-state index >= 15 is 0 Å². The summed E-state index contributed by atoms with van der Waals surface area (Å²) in [6.45, 7) is 1.72. The molecular weight excluding hydrogens is 166 g/mol. The highest BCUT2D eigenvalue weighted by molar-refractivity contribution is 5.83. The lowest BCUT2D eigenvalue weighted by atomic mass is 10.5. The first-order valence-corrected chi connectivity index (χ1v) is 4.24. The molecule has 13 heavy (non-hydrogen) atoms. The van der Waals surface area contributed by atoms with Gasteiger partial charge >= 0.3 is 0 Å². The summed E-state index contributed by atoms with van der Waals surface area (Å²) >= 11 is 0. The zero-order valence-corrected chi connectivity index (χ0v) is 7.20. The molecule has 0 aromatic carbocycles. The van der Waals surface area contributed by atoms with E-state index in [-0.39, 0.29) is 0 Å². The molecule has 68 valence electrons. The lowest BCUT2D eigenvalue weighted by Gasteiger charge is -1.97. The highest BCUT2D eigenvalue weighted by Gasteiger charge is 2.02. The second kappa shape index (κ2) is 3.86. The molecule has 5 nitrogen and oxygen atoms in total. The van der Waals surface area contributed by atoms with Crippen LogP contribution in [0.3, 0.4) is 0 Å². The van der Waals surface area contributed by atoms with Gasteiger partial charge in [-0.05, 0) is 6.08 Å². The third-order valence-corrected chi connectivity index (χ3v) is 1.75. The Balaban J connectivity index is 1.78. The number of rotatable bonds is 2. The van der Waals surface area contributed by atoms with E-state index < -0.39 is 0 Å². The van der Waals surface area contributed by atoms with Crippen molar-refractivity contribution in [2.45, 2.75) is 0 Å². The fraction of sp³-hybridized carbons (Fsp3) is 0.250. The molecule has 5 heteroatoms. The number of guanidine groups is 1. The molecule has 0 saturated carbocycles. The first kappa shape index (κ1) is 8.00. The second-order valence-corrected chi connectivity index (χ2v) is 2.75. The molecule has 2 aliphatic rings. The molecule has 0 unspecified atom stereocenters. The van der Waals surface area contributed by atoms with Gasteiger partial charge in [0.15, 0.2) is 5.70 Å². The van der Waals surface area contributed by atoms with Gasteiger partial charge in [0.2, 0.25) is 5.96 Å². The van der Waals surface area contributed by atoms with E-state index in [9.17, 15) is 0 Å². The summed E-state index contributed by atoms with van der Waals surface area (Å²) in [5, 5.41) is 9.08. The van der Waals surface area contributed by atoms with E-state index in [2.05, 4.69) is 20.8 Å². The van der Waals surface area contributed by atoms with Crippen LogP contribution in [0, 0.1) is 0 Å². The van der Waals surface area contributed by atoms with Gasteiger partial charge in [-0.3, -0.25) is 5.32 Å². The van der Waals surface area contributed by atoms with Crippen LogP contribution >= 0.6 is 0 Å². The van der Waals surface area contributed by atoms with Crippen LogP contribution in [-0.4, -0.2) is 25.3 Å². The largest absolute Gasteiger partial charge is 0.353 e. The van der Waals surface area contributed by atoms with Gasteiger partial charge in [-0.15, -0.1) is 0 Å². The maximum absolute atomic E-state index is 4.14.